The zero-order valence-electron chi connectivity index (χ0n) is 22.4. The fourth-order valence-electron chi connectivity index (χ4n) is 5.69. The lowest BCUT2D eigenvalue weighted by Gasteiger charge is -2.30. The molecule has 3 aromatic heterocycles. The average Bonchev–Trinajstić information content (AvgIpc) is 3.73. The van der Waals surface area contributed by atoms with Gasteiger partial charge < -0.3 is 9.15 Å². The molecule has 0 spiro atoms. The molecule has 4 heterocycles. The van der Waals surface area contributed by atoms with Gasteiger partial charge in [0.2, 0.25) is 0 Å². The van der Waals surface area contributed by atoms with Crippen LogP contribution in [0.2, 0.25) is 0 Å². The number of aryl methyl sites for hydroxylation is 1. The predicted octanol–water partition coefficient (Wildman–Crippen LogP) is 6.68. The molecule has 0 N–H and O–H groups in total. The summed E-state index contributed by atoms with van der Waals surface area (Å²) in [4.78, 5) is 24.5. The second kappa shape index (κ2) is 10.3. The first-order chi connectivity index (χ1) is 20.6. The molecule has 6 aromatic rings. The van der Waals surface area contributed by atoms with Gasteiger partial charge in [0.05, 0.1) is 33.6 Å². The summed E-state index contributed by atoms with van der Waals surface area (Å²) in [6, 6.07) is 28.1. The lowest BCUT2D eigenvalue weighted by atomic mass is 9.83. The van der Waals surface area contributed by atoms with Gasteiger partial charge in [0.15, 0.2) is 14.2 Å². The van der Waals surface area contributed by atoms with E-state index in [9.17, 15) is 4.79 Å². The average molecular weight is 606 g/mol. The van der Waals surface area contributed by atoms with Gasteiger partial charge in [-0.3, -0.25) is 9.36 Å². The summed E-state index contributed by atoms with van der Waals surface area (Å²) >= 11 is 4.53. The van der Waals surface area contributed by atoms with Gasteiger partial charge >= 0.3 is 0 Å². The van der Waals surface area contributed by atoms with Gasteiger partial charge in [-0.2, -0.15) is 0 Å². The van der Waals surface area contributed by atoms with Crippen molar-refractivity contribution in [2.45, 2.75) is 28.3 Å². The van der Waals surface area contributed by atoms with Crippen molar-refractivity contribution in [1.29, 1.82) is 0 Å². The maximum atomic E-state index is 14.0. The van der Waals surface area contributed by atoms with Crippen LogP contribution >= 0.6 is 34.4 Å². The number of furan rings is 1. The van der Waals surface area contributed by atoms with Crippen LogP contribution in [0.25, 0.3) is 22.0 Å². The van der Waals surface area contributed by atoms with Crippen LogP contribution in [-0.4, -0.2) is 16.7 Å². The highest BCUT2D eigenvalue weighted by Crippen LogP contribution is 2.41. The summed E-state index contributed by atoms with van der Waals surface area (Å²) in [5.74, 6) is 1.41. The lowest BCUT2D eigenvalue weighted by Crippen LogP contribution is -2.38. The van der Waals surface area contributed by atoms with E-state index in [1.54, 1.807) is 18.4 Å². The van der Waals surface area contributed by atoms with Gasteiger partial charge in [-0.15, -0.1) is 11.3 Å². The number of nitrogens with zero attached hydrogens (tertiary/aromatic N) is 3. The quantitative estimate of drug-likeness (QED) is 0.219. The summed E-state index contributed by atoms with van der Waals surface area (Å²) in [6.07, 6.45) is 3.60. The number of rotatable bonds is 5. The van der Waals surface area contributed by atoms with Crippen LogP contribution < -0.4 is 19.6 Å². The minimum atomic E-state index is -0.237. The van der Waals surface area contributed by atoms with Gasteiger partial charge in [0, 0.05) is 11.6 Å². The molecule has 1 atom stereocenters. The molecular formula is C33H23N3O3S3. The minimum absolute atomic E-state index is 0.0678. The number of thiazole rings is 2. The number of hydrogen-bond acceptors (Lipinski definition) is 8. The molecular weight excluding hydrogens is 583 g/mol. The molecule has 9 heteroatoms. The maximum Gasteiger partial charge on any atom is 0.271 e. The van der Waals surface area contributed by atoms with Crippen LogP contribution in [0.4, 0.5) is 0 Å². The first-order valence-corrected chi connectivity index (χ1v) is 16.0. The highest BCUT2D eigenvalue weighted by molar-refractivity contribution is 8.01. The predicted molar refractivity (Wildman–Crippen MR) is 168 cm³/mol. The number of fused-ring (bicyclic) bond motifs is 4. The summed E-state index contributed by atoms with van der Waals surface area (Å²) < 4.78 is 16.0. The molecule has 206 valence electrons. The smallest absolute Gasteiger partial charge is 0.271 e. The van der Waals surface area contributed by atoms with Crippen LogP contribution in [0, 0.1) is 0 Å². The van der Waals surface area contributed by atoms with Crippen LogP contribution in [0.1, 0.15) is 34.9 Å². The van der Waals surface area contributed by atoms with Crippen molar-refractivity contribution in [2.75, 3.05) is 7.11 Å². The van der Waals surface area contributed by atoms with E-state index in [4.69, 9.17) is 19.1 Å². The fourth-order valence-corrected chi connectivity index (χ4v) is 8.64. The molecule has 8 rings (SSSR count). The Morgan fingerprint density at radius 3 is 2.67 bits per heavy atom. The van der Waals surface area contributed by atoms with E-state index in [2.05, 4.69) is 42.5 Å². The number of hydrogen-bond donors (Lipinski definition) is 0. The van der Waals surface area contributed by atoms with Crippen molar-refractivity contribution < 1.29 is 9.15 Å². The molecule has 2 aliphatic rings. The van der Waals surface area contributed by atoms with Crippen molar-refractivity contribution in [3.8, 4) is 5.75 Å². The molecule has 42 heavy (non-hydrogen) atoms. The monoisotopic (exact) mass is 605 g/mol. The molecule has 0 amide bonds. The number of aromatic nitrogens is 2. The third kappa shape index (κ3) is 4.36. The Balaban J connectivity index is 1.22. The summed E-state index contributed by atoms with van der Waals surface area (Å²) in [7, 11) is 1.66. The SMILES string of the molecule is COc1ccc([C@@H]2C3=C(N=c4s/c(=C\c5ccc(Sc6nc7ccccc7s6)o5)c(=O)n42)c2ccccc2CC3)cc1. The largest absolute Gasteiger partial charge is 0.497 e. The first kappa shape index (κ1) is 25.5. The molecule has 0 unspecified atom stereocenters. The third-order valence-electron chi connectivity index (χ3n) is 7.64. The lowest BCUT2D eigenvalue weighted by molar-refractivity contribution is 0.414. The van der Waals surface area contributed by atoms with Crippen molar-refractivity contribution in [2.24, 2.45) is 4.99 Å². The normalized spacial score (nSPS) is 16.2. The molecule has 0 saturated heterocycles. The van der Waals surface area contributed by atoms with E-state index in [-0.39, 0.29) is 11.6 Å². The molecule has 3 aromatic carbocycles. The second-order valence-electron chi connectivity index (χ2n) is 10.1. The zero-order valence-corrected chi connectivity index (χ0v) is 24.9. The van der Waals surface area contributed by atoms with E-state index >= 15 is 0 Å². The first-order valence-electron chi connectivity index (χ1n) is 13.5. The van der Waals surface area contributed by atoms with Gasteiger partial charge in [0.1, 0.15) is 11.5 Å². The zero-order chi connectivity index (χ0) is 28.2. The summed E-state index contributed by atoms with van der Waals surface area (Å²) in [5.41, 5.74) is 6.55. The van der Waals surface area contributed by atoms with Gasteiger partial charge in [-0.05, 0) is 77.7 Å². The molecule has 0 fully saturated rings. The van der Waals surface area contributed by atoms with Gasteiger partial charge in [-0.25, -0.2) is 9.98 Å². The van der Waals surface area contributed by atoms with Crippen LogP contribution in [0.15, 0.2) is 114 Å². The third-order valence-corrected chi connectivity index (χ3v) is 10.6. The van der Waals surface area contributed by atoms with Crippen molar-refractivity contribution in [1.82, 2.24) is 9.55 Å². The number of methoxy groups -OCH3 is 1. The van der Waals surface area contributed by atoms with Crippen molar-refractivity contribution in [3.05, 3.63) is 133 Å². The van der Waals surface area contributed by atoms with E-state index in [1.807, 2.05) is 53.1 Å². The minimum Gasteiger partial charge on any atom is -0.497 e. The molecule has 1 aliphatic heterocycles. The van der Waals surface area contributed by atoms with E-state index < -0.39 is 0 Å². The number of allylic oxidation sites excluding steroid dienone is 1. The van der Waals surface area contributed by atoms with Gasteiger partial charge in [0.25, 0.3) is 5.56 Å². The standard InChI is InChI=1S/C33H23N3O3S3/c1-38-21-13-10-20(11-14-21)30-24-16-12-19-6-2-3-7-23(19)29(24)35-32-36(30)31(37)27(40-32)18-22-15-17-28(39-22)42-33-34-25-8-4-5-9-26(25)41-33/h2-11,13-15,17-18,30H,12,16H2,1H3/b27-18-/t30-/m1/s1. The topological polar surface area (TPSA) is 69.6 Å². The Morgan fingerprint density at radius 1 is 0.976 bits per heavy atom. The Kier molecular flexibility index (Phi) is 6.24. The van der Waals surface area contributed by atoms with E-state index in [1.165, 1.54) is 34.2 Å². The second-order valence-corrected chi connectivity index (χ2v) is 13.4. The van der Waals surface area contributed by atoms with Gasteiger partial charge in [-0.1, -0.05) is 59.9 Å². The molecule has 6 nitrogen and oxygen atoms in total. The van der Waals surface area contributed by atoms with Crippen LogP contribution in [0.5, 0.6) is 5.75 Å². The van der Waals surface area contributed by atoms with Crippen LogP contribution in [-0.2, 0) is 6.42 Å². The van der Waals surface area contributed by atoms with E-state index in [0.717, 1.165) is 55.1 Å². The van der Waals surface area contributed by atoms with Crippen molar-refractivity contribution >= 4 is 56.4 Å². The highest BCUT2D eigenvalue weighted by Gasteiger charge is 2.32. The maximum absolute atomic E-state index is 14.0. The Labute approximate surface area is 253 Å². The molecule has 0 radical (unpaired) electrons. The fraction of sp³-hybridized carbons (Fsp3) is 0.121. The summed E-state index contributed by atoms with van der Waals surface area (Å²) in [5, 5.41) is 0.733. The van der Waals surface area contributed by atoms with Crippen LogP contribution in [0.3, 0.4) is 0 Å². The Bertz CT molecular complexity index is 2170. The van der Waals surface area contributed by atoms with E-state index in [0.29, 0.717) is 15.1 Å². The number of ether oxygens (including phenoxy) is 1. The molecule has 0 bridgehead atoms. The summed E-state index contributed by atoms with van der Waals surface area (Å²) in [6.45, 7) is 0. The number of para-hydroxylation sites is 1. The Morgan fingerprint density at radius 2 is 1.81 bits per heavy atom. The van der Waals surface area contributed by atoms with Crippen molar-refractivity contribution in [3.63, 3.8) is 0 Å². The highest BCUT2D eigenvalue weighted by atomic mass is 32.2. The number of benzene rings is 3. The molecule has 1 aliphatic carbocycles. The Hall–Kier alpha value is -4.18. The molecule has 0 saturated carbocycles.